The number of Topliss-reactive ketones (excluding diaryl/α,β-unsaturated/α-hetero) is 1. The minimum atomic E-state index is -0.703. The van der Waals surface area contributed by atoms with E-state index >= 15 is 0 Å². The Hall–Kier alpha value is -0.900. The van der Waals surface area contributed by atoms with Crippen molar-refractivity contribution in [3.63, 3.8) is 0 Å². The zero-order chi connectivity index (χ0) is 10.6. The molecule has 0 saturated carbocycles. The Morgan fingerprint density at radius 2 is 1.77 bits per heavy atom. The first-order valence-electron chi connectivity index (χ1n) is 4.33. The maximum atomic E-state index is 11.4. The second-order valence-corrected chi connectivity index (χ2v) is 4.22. The van der Waals surface area contributed by atoms with E-state index in [9.17, 15) is 9.59 Å². The summed E-state index contributed by atoms with van der Waals surface area (Å²) >= 11 is 0. The third-order valence-electron chi connectivity index (χ3n) is 1.88. The number of hydrogen-bond donors (Lipinski definition) is 2. The smallest absolute Gasteiger partial charge is 0.234 e. The van der Waals surface area contributed by atoms with Crippen molar-refractivity contribution in [3.05, 3.63) is 0 Å². The van der Waals surface area contributed by atoms with Gasteiger partial charge in [0.2, 0.25) is 5.91 Å². The number of primary amides is 1. The standard InChI is InChI=1S/C9H18N2O2/c1-9(2,3)7(12)5-4-6(10)8(11)13/h6H,4-5,10H2,1-3H3,(H2,11,13)/t6-/m0/s1. The van der Waals surface area contributed by atoms with E-state index in [0.717, 1.165) is 0 Å². The van der Waals surface area contributed by atoms with Crippen molar-refractivity contribution in [1.82, 2.24) is 0 Å². The van der Waals surface area contributed by atoms with E-state index in [1.54, 1.807) is 0 Å². The van der Waals surface area contributed by atoms with E-state index < -0.39 is 11.9 Å². The van der Waals surface area contributed by atoms with Gasteiger partial charge in [0.05, 0.1) is 6.04 Å². The van der Waals surface area contributed by atoms with Crippen molar-refractivity contribution in [2.24, 2.45) is 16.9 Å². The summed E-state index contributed by atoms with van der Waals surface area (Å²) in [7, 11) is 0. The van der Waals surface area contributed by atoms with Crippen LogP contribution in [0.5, 0.6) is 0 Å². The predicted octanol–water partition coefficient (Wildman–Crippen LogP) is 0.194. The molecule has 0 radical (unpaired) electrons. The van der Waals surface area contributed by atoms with E-state index in [1.165, 1.54) is 0 Å². The Kier molecular flexibility index (Phi) is 4.07. The second kappa shape index (κ2) is 4.37. The van der Waals surface area contributed by atoms with Crippen LogP contribution >= 0.6 is 0 Å². The van der Waals surface area contributed by atoms with Gasteiger partial charge in [0.1, 0.15) is 5.78 Å². The molecule has 0 aromatic carbocycles. The maximum Gasteiger partial charge on any atom is 0.234 e. The Morgan fingerprint density at radius 1 is 1.31 bits per heavy atom. The number of hydrogen-bond acceptors (Lipinski definition) is 3. The summed E-state index contributed by atoms with van der Waals surface area (Å²) in [5.74, 6) is -0.453. The van der Waals surface area contributed by atoms with Crippen molar-refractivity contribution in [3.8, 4) is 0 Å². The largest absolute Gasteiger partial charge is 0.368 e. The molecule has 0 aliphatic rings. The monoisotopic (exact) mass is 186 g/mol. The molecule has 0 heterocycles. The molecule has 4 nitrogen and oxygen atoms in total. The highest BCUT2D eigenvalue weighted by Crippen LogP contribution is 2.17. The lowest BCUT2D eigenvalue weighted by molar-refractivity contribution is -0.126. The molecule has 1 amide bonds. The minimum absolute atomic E-state index is 0.101. The average Bonchev–Trinajstić information content (AvgIpc) is 1.97. The molecule has 4 heteroatoms. The molecule has 0 aliphatic heterocycles. The van der Waals surface area contributed by atoms with Crippen LogP contribution in [0.2, 0.25) is 0 Å². The molecule has 0 aliphatic carbocycles. The highest BCUT2D eigenvalue weighted by Gasteiger charge is 2.22. The van der Waals surface area contributed by atoms with Gasteiger partial charge in [-0.25, -0.2) is 0 Å². The fraction of sp³-hybridized carbons (Fsp3) is 0.778. The van der Waals surface area contributed by atoms with Gasteiger partial charge in [-0.05, 0) is 6.42 Å². The lowest BCUT2D eigenvalue weighted by Crippen LogP contribution is -2.37. The van der Waals surface area contributed by atoms with Crippen LogP contribution in [-0.4, -0.2) is 17.7 Å². The van der Waals surface area contributed by atoms with Crippen LogP contribution in [0.1, 0.15) is 33.6 Å². The van der Waals surface area contributed by atoms with Crippen LogP contribution in [0, 0.1) is 5.41 Å². The number of nitrogens with two attached hydrogens (primary N) is 2. The molecule has 0 fully saturated rings. The third-order valence-corrected chi connectivity index (χ3v) is 1.88. The quantitative estimate of drug-likeness (QED) is 0.657. The summed E-state index contributed by atoms with van der Waals surface area (Å²) in [4.78, 5) is 21.9. The molecule has 0 aromatic rings. The summed E-state index contributed by atoms with van der Waals surface area (Å²) < 4.78 is 0. The van der Waals surface area contributed by atoms with Gasteiger partial charge >= 0.3 is 0 Å². The van der Waals surface area contributed by atoms with Crippen LogP contribution in [0.4, 0.5) is 0 Å². The zero-order valence-electron chi connectivity index (χ0n) is 8.46. The van der Waals surface area contributed by atoms with Gasteiger partial charge in [-0.2, -0.15) is 0 Å². The first-order chi connectivity index (χ1) is 5.75. The van der Waals surface area contributed by atoms with Crippen molar-refractivity contribution < 1.29 is 9.59 Å². The molecule has 0 bridgehead atoms. The van der Waals surface area contributed by atoms with Crippen LogP contribution in [0.25, 0.3) is 0 Å². The van der Waals surface area contributed by atoms with E-state index in [0.29, 0.717) is 12.8 Å². The highest BCUT2D eigenvalue weighted by atomic mass is 16.1. The van der Waals surface area contributed by atoms with Gasteiger partial charge in [0.15, 0.2) is 0 Å². The molecule has 0 unspecified atom stereocenters. The van der Waals surface area contributed by atoms with Gasteiger partial charge in [0.25, 0.3) is 0 Å². The number of carbonyl (C=O) groups excluding carboxylic acids is 2. The van der Waals surface area contributed by atoms with Crippen LogP contribution in [0.15, 0.2) is 0 Å². The van der Waals surface area contributed by atoms with Gasteiger partial charge < -0.3 is 11.5 Å². The van der Waals surface area contributed by atoms with Gasteiger partial charge in [-0.15, -0.1) is 0 Å². The van der Waals surface area contributed by atoms with E-state index in [-0.39, 0.29) is 11.2 Å². The van der Waals surface area contributed by atoms with Crippen LogP contribution < -0.4 is 11.5 Å². The summed E-state index contributed by atoms with van der Waals surface area (Å²) in [5.41, 5.74) is 9.97. The molecule has 0 saturated heterocycles. The Balaban J connectivity index is 3.91. The summed E-state index contributed by atoms with van der Waals surface area (Å²) in [5, 5.41) is 0. The zero-order valence-corrected chi connectivity index (χ0v) is 8.46. The van der Waals surface area contributed by atoms with Crippen molar-refractivity contribution >= 4 is 11.7 Å². The molecule has 13 heavy (non-hydrogen) atoms. The van der Waals surface area contributed by atoms with Crippen LogP contribution in [0.3, 0.4) is 0 Å². The SMILES string of the molecule is CC(C)(C)C(=O)CC[C@H](N)C(N)=O. The van der Waals surface area contributed by atoms with Crippen molar-refractivity contribution in [1.29, 1.82) is 0 Å². The molecule has 76 valence electrons. The average molecular weight is 186 g/mol. The lowest BCUT2D eigenvalue weighted by Gasteiger charge is -2.17. The van der Waals surface area contributed by atoms with Gasteiger partial charge in [-0.3, -0.25) is 9.59 Å². The Morgan fingerprint density at radius 3 is 2.08 bits per heavy atom. The van der Waals surface area contributed by atoms with Gasteiger partial charge in [-0.1, -0.05) is 20.8 Å². The molecule has 0 rings (SSSR count). The highest BCUT2D eigenvalue weighted by molar-refractivity contribution is 5.85. The Labute approximate surface area is 78.7 Å². The first kappa shape index (κ1) is 12.1. The van der Waals surface area contributed by atoms with E-state index in [2.05, 4.69) is 0 Å². The predicted molar refractivity (Wildman–Crippen MR) is 50.9 cm³/mol. The molecule has 0 spiro atoms. The number of rotatable bonds is 4. The number of ketones is 1. The normalized spacial score (nSPS) is 13.8. The summed E-state index contributed by atoms with van der Waals surface area (Å²) in [6.07, 6.45) is 0.652. The van der Waals surface area contributed by atoms with E-state index in [4.69, 9.17) is 11.5 Å². The molecular weight excluding hydrogens is 168 g/mol. The van der Waals surface area contributed by atoms with Gasteiger partial charge in [0, 0.05) is 11.8 Å². The summed E-state index contributed by atoms with van der Waals surface area (Å²) in [6.45, 7) is 5.52. The first-order valence-corrected chi connectivity index (χ1v) is 4.33. The molecule has 0 aromatic heterocycles. The fourth-order valence-electron chi connectivity index (χ4n) is 0.804. The topological polar surface area (TPSA) is 86.2 Å². The maximum absolute atomic E-state index is 11.4. The second-order valence-electron chi connectivity index (χ2n) is 4.22. The Bertz CT molecular complexity index is 206. The minimum Gasteiger partial charge on any atom is -0.368 e. The fourth-order valence-corrected chi connectivity index (χ4v) is 0.804. The molecule has 4 N–H and O–H groups in total. The number of amides is 1. The lowest BCUT2D eigenvalue weighted by atomic mass is 9.87. The molecule has 1 atom stereocenters. The third kappa shape index (κ3) is 4.62. The van der Waals surface area contributed by atoms with Crippen molar-refractivity contribution in [2.45, 2.75) is 39.7 Å². The summed E-state index contributed by atoms with van der Waals surface area (Å²) in [6, 6.07) is -0.703. The molecular formula is C9H18N2O2. The van der Waals surface area contributed by atoms with Crippen LogP contribution in [-0.2, 0) is 9.59 Å². The van der Waals surface area contributed by atoms with E-state index in [1.807, 2.05) is 20.8 Å². The number of carbonyl (C=O) groups is 2. The van der Waals surface area contributed by atoms with Crippen molar-refractivity contribution in [2.75, 3.05) is 0 Å².